The third-order valence-corrected chi connectivity index (χ3v) is 5.52. The summed E-state index contributed by atoms with van der Waals surface area (Å²) in [5.74, 6) is -0.0507. The standard InChI is InChI=1S/C20H14O5S/c1-13-7-2-5-12-18(13)26(22,23)25-17-11-6-10-16-19(17)20(21)14-8-3-4-9-15(14)24-16/h2-12H,1H3. The number of rotatable bonds is 3. The molecular weight excluding hydrogens is 352 g/mol. The van der Waals surface area contributed by atoms with Crippen molar-refractivity contribution in [2.45, 2.75) is 11.8 Å². The fourth-order valence-electron chi connectivity index (χ4n) is 2.89. The van der Waals surface area contributed by atoms with Crippen LogP contribution < -0.4 is 9.61 Å². The van der Waals surface area contributed by atoms with Crippen LogP contribution in [0.4, 0.5) is 0 Å². The number of fused-ring (bicyclic) bond motifs is 2. The van der Waals surface area contributed by atoms with Crippen LogP contribution in [0.5, 0.6) is 5.75 Å². The summed E-state index contributed by atoms with van der Waals surface area (Å²) in [6.45, 7) is 1.68. The second kappa shape index (κ2) is 6.00. The Kier molecular flexibility index (Phi) is 3.77. The molecule has 1 heterocycles. The lowest BCUT2D eigenvalue weighted by molar-refractivity contribution is 0.487. The zero-order valence-corrected chi connectivity index (χ0v) is 14.6. The third kappa shape index (κ3) is 2.64. The molecule has 0 bridgehead atoms. The van der Waals surface area contributed by atoms with Gasteiger partial charge in [0.15, 0.2) is 5.75 Å². The monoisotopic (exact) mass is 366 g/mol. The lowest BCUT2D eigenvalue weighted by atomic mass is 10.1. The highest BCUT2D eigenvalue weighted by atomic mass is 32.2. The first-order valence-corrected chi connectivity index (χ1v) is 9.33. The molecule has 0 fully saturated rings. The maximum Gasteiger partial charge on any atom is 0.339 e. The molecular formula is C20H14O5S. The molecule has 26 heavy (non-hydrogen) atoms. The van der Waals surface area contributed by atoms with Gasteiger partial charge in [0.05, 0.1) is 5.39 Å². The molecule has 5 nitrogen and oxygen atoms in total. The van der Waals surface area contributed by atoms with E-state index in [9.17, 15) is 13.2 Å². The summed E-state index contributed by atoms with van der Waals surface area (Å²) >= 11 is 0. The highest BCUT2D eigenvalue weighted by molar-refractivity contribution is 7.87. The number of para-hydroxylation sites is 1. The molecule has 0 N–H and O–H groups in total. The van der Waals surface area contributed by atoms with E-state index in [1.165, 1.54) is 12.1 Å². The second-order valence-corrected chi connectivity index (χ2v) is 7.37. The summed E-state index contributed by atoms with van der Waals surface area (Å²) < 4.78 is 36.4. The molecule has 4 aromatic rings. The summed E-state index contributed by atoms with van der Waals surface area (Å²) in [5.41, 5.74) is 0.928. The van der Waals surface area contributed by atoms with E-state index < -0.39 is 10.1 Å². The van der Waals surface area contributed by atoms with Crippen LogP contribution in [0.1, 0.15) is 5.56 Å². The molecule has 0 aliphatic carbocycles. The highest BCUT2D eigenvalue weighted by Crippen LogP contribution is 2.29. The Morgan fingerprint density at radius 3 is 2.35 bits per heavy atom. The van der Waals surface area contributed by atoms with Crippen molar-refractivity contribution in [1.29, 1.82) is 0 Å². The van der Waals surface area contributed by atoms with Crippen LogP contribution in [-0.4, -0.2) is 8.42 Å². The lowest BCUT2D eigenvalue weighted by Crippen LogP contribution is -2.13. The largest absolute Gasteiger partial charge is 0.456 e. The molecule has 0 saturated heterocycles. The van der Waals surface area contributed by atoms with Crippen LogP contribution in [0, 0.1) is 6.92 Å². The SMILES string of the molecule is Cc1ccccc1S(=O)(=O)Oc1cccc2oc3ccccc3c(=O)c12. The molecule has 0 radical (unpaired) electrons. The fraction of sp³-hybridized carbons (Fsp3) is 0.0500. The zero-order valence-electron chi connectivity index (χ0n) is 13.8. The Morgan fingerprint density at radius 1 is 0.846 bits per heavy atom. The van der Waals surface area contributed by atoms with E-state index in [2.05, 4.69) is 0 Å². The first-order valence-electron chi connectivity index (χ1n) is 7.92. The van der Waals surface area contributed by atoms with Crippen molar-refractivity contribution in [2.24, 2.45) is 0 Å². The summed E-state index contributed by atoms with van der Waals surface area (Å²) in [4.78, 5) is 12.9. The van der Waals surface area contributed by atoms with E-state index in [4.69, 9.17) is 8.60 Å². The van der Waals surface area contributed by atoms with E-state index in [1.54, 1.807) is 61.5 Å². The molecule has 4 rings (SSSR count). The van der Waals surface area contributed by atoms with Gasteiger partial charge < -0.3 is 8.60 Å². The van der Waals surface area contributed by atoms with E-state index in [-0.39, 0.29) is 27.0 Å². The Labute approximate surface area is 149 Å². The van der Waals surface area contributed by atoms with Gasteiger partial charge >= 0.3 is 10.1 Å². The maximum atomic E-state index is 12.9. The molecule has 0 aliphatic rings. The van der Waals surface area contributed by atoms with Crippen molar-refractivity contribution in [3.05, 3.63) is 82.5 Å². The van der Waals surface area contributed by atoms with Crippen LogP contribution in [-0.2, 0) is 10.1 Å². The minimum atomic E-state index is -4.09. The summed E-state index contributed by atoms with van der Waals surface area (Å²) in [5, 5.41) is 0.465. The van der Waals surface area contributed by atoms with E-state index in [0.717, 1.165) is 0 Å². The first-order chi connectivity index (χ1) is 12.5. The Bertz CT molecular complexity index is 1300. The van der Waals surface area contributed by atoms with Gasteiger partial charge in [-0.25, -0.2) is 0 Å². The number of benzene rings is 3. The van der Waals surface area contributed by atoms with E-state index in [1.807, 2.05) is 0 Å². The molecule has 0 atom stereocenters. The number of hydrogen-bond acceptors (Lipinski definition) is 5. The average molecular weight is 366 g/mol. The van der Waals surface area contributed by atoms with Crippen LogP contribution >= 0.6 is 0 Å². The Morgan fingerprint density at radius 2 is 1.54 bits per heavy atom. The quantitative estimate of drug-likeness (QED) is 0.404. The van der Waals surface area contributed by atoms with Gasteiger partial charge in [-0.05, 0) is 42.8 Å². The van der Waals surface area contributed by atoms with E-state index in [0.29, 0.717) is 16.5 Å². The van der Waals surface area contributed by atoms with Crippen molar-refractivity contribution in [3.8, 4) is 5.75 Å². The number of hydrogen-bond donors (Lipinski definition) is 0. The molecule has 0 amide bonds. The van der Waals surface area contributed by atoms with E-state index >= 15 is 0 Å². The average Bonchev–Trinajstić information content (AvgIpc) is 2.62. The first kappa shape index (κ1) is 16.4. The van der Waals surface area contributed by atoms with Crippen LogP contribution in [0.3, 0.4) is 0 Å². The van der Waals surface area contributed by atoms with Gasteiger partial charge in [-0.1, -0.05) is 36.4 Å². The molecule has 0 spiro atoms. The molecule has 130 valence electrons. The van der Waals surface area contributed by atoms with Gasteiger partial charge in [0.2, 0.25) is 5.43 Å². The third-order valence-electron chi connectivity index (χ3n) is 4.13. The normalized spacial score (nSPS) is 11.7. The Hall–Kier alpha value is -3.12. The van der Waals surface area contributed by atoms with Gasteiger partial charge in [-0.15, -0.1) is 0 Å². The van der Waals surface area contributed by atoms with Crippen molar-refractivity contribution in [3.63, 3.8) is 0 Å². The smallest absolute Gasteiger partial charge is 0.339 e. The summed E-state index contributed by atoms with van der Waals surface area (Å²) in [6, 6.07) is 18.0. The Balaban J connectivity index is 1.94. The molecule has 0 aliphatic heterocycles. The van der Waals surface area contributed by atoms with Gasteiger partial charge in [0.25, 0.3) is 0 Å². The van der Waals surface area contributed by atoms with Crippen LogP contribution in [0.25, 0.3) is 21.9 Å². The van der Waals surface area contributed by atoms with Gasteiger partial charge in [0.1, 0.15) is 21.4 Å². The van der Waals surface area contributed by atoms with Crippen LogP contribution in [0.15, 0.2) is 80.8 Å². The zero-order chi connectivity index (χ0) is 18.3. The van der Waals surface area contributed by atoms with Crippen molar-refractivity contribution >= 4 is 32.1 Å². The second-order valence-electron chi connectivity index (χ2n) is 5.86. The van der Waals surface area contributed by atoms with Crippen molar-refractivity contribution in [1.82, 2.24) is 0 Å². The minimum Gasteiger partial charge on any atom is -0.456 e. The van der Waals surface area contributed by atoms with Crippen LogP contribution in [0.2, 0.25) is 0 Å². The minimum absolute atomic E-state index is 0.0507. The molecule has 6 heteroatoms. The van der Waals surface area contributed by atoms with Crippen molar-refractivity contribution in [2.75, 3.05) is 0 Å². The lowest BCUT2D eigenvalue weighted by Gasteiger charge is -2.11. The predicted octanol–water partition coefficient (Wildman–Crippen LogP) is 4.02. The molecule has 0 saturated carbocycles. The summed E-state index contributed by atoms with van der Waals surface area (Å²) in [7, 11) is -4.09. The molecule has 3 aromatic carbocycles. The van der Waals surface area contributed by atoms with Gasteiger partial charge in [0, 0.05) is 0 Å². The predicted molar refractivity (Wildman–Crippen MR) is 99.0 cm³/mol. The molecule has 0 unspecified atom stereocenters. The van der Waals surface area contributed by atoms with Gasteiger partial charge in [-0.3, -0.25) is 4.79 Å². The fourth-order valence-corrected chi connectivity index (χ4v) is 4.06. The van der Waals surface area contributed by atoms with Gasteiger partial charge in [-0.2, -0.15) is 8.42 Å². The maximum absolute atomic E-state index is 12.9. The highest BCUT2D eigenvalue weighted by Gasteiger charge is 2.22. The summed E-state index contributed by atoms with van der Waals surface area (Å²) in [6.07, 6.45) is 0. The molecule has 1 aromatic heterocycles. The topological polar surface area (TPSA) is 73.6 Å². The van der Waals surface area contributed by atoms with Crippen molar-refractivity contribution < 1.29 is 17.0 Å². The number of aryl methyl sites for hydroxylation is 1.